The average molecular weight is 365 g/mol. The van der Waals surface area contributed by atoms with Crippen LogP contribution in [0.15, 0.2) is 47.5 Å². The van der Waals surface area contributed by atoms with Crippen molar-refractivity contribution in [1.82, 2.24) is 29.8 Å². The highest BCUT2D eigenvalue weighted by molar-refractivity contribution is 6.03. The second-order valence-electron chi connectivity index (χ2n) is 6.10. The summed E-state index contributed by atoms with van der Waals surface area (Å²) in [4.78, 5) is 12.4. The number of amides is 1. The summed E-state index contributed by atoms with van der Waals surface area (Å²) in [5, 5.41) is 18.3. The third-order valence-corrected chi connectivity index (χ3v) is 4.32. The Morgan fingerprint density at radius 3 is 2.96 bits per heavy atom. The number of aryl methyl sites for hydroxylation is 1. The normalized spacial score (nSPS) is 11.0. The molecular weight excluding hydrogens is 346 g/mol. The number of nitrogens with zero attached hydrogens (tertiary/aromatic N) is 5. The van der Waals surface area contributed by atoms with Gasteiger partial charge in [-0.05, 0) is 26.0 Å². The first-order chi connectivity index (χ1) is 13.1. The number of aromatic amines is 1. The number of carbonyl (C=O) groups is 1. The first kappa shape index (κ1) is 16.8. The molecule has 0 aromatic carbocycles. The molecule has 0 spiro atoms. The van der Waals surface area contributed by atoms with Gasteiger partial charge >= 0.3 is 0 Å². The van der Waals surface area contributed by atoms with E-state index < -0.39 is 0 Å². The zero-order valence-electron chi connectivity index (χ0n) is 15.0. The van der Waals surface area contributed by atoms with Crippen LogP contribution in [-0.2, 0) is 13.1 Å². The van der Waals surface area contributed by atoms with Crippen molar-refractivity contribution in [2.24, 2.45) is 0 Å². The molecule has 0 atom stereocenters. The van der Waals surface area contributed by atoms with E-state index in [2.05, 4.69) is 32.6 Å². The molecule has 0 aliphatic heterocycles. The summed E-state index contributed by atoms with van der Waals surface area (Å²) in [6.07, 6.45) is 6.80. The van der Waals surface area contributed by atoms with Gasteiger partial charge in [-0.1, -0.05) is 0 Å². The second kappa shape index (κ2) is 6.94. The molecule has 0 unspecified atom stereocenters. The smallest absolute Gasteiger partial charge is 0.276 e. The summed E-state index contributed by atoms with van der Waals surface area (Å²) >= 11 is 0. The van der Waals surface area contributed by atoms with Crippen LogP contribution in [0.2, 0.25) is 0 Å². The molecule has 0 saturated heterocycles. The topological polar surface area (TPSA) is 107 Å². The van der Waals surface area contributed by atoms with Crippen molar-refractivity contribution in [2.75, 3.05) is 5.32 Å². The van der Waals surface area contributed by atoms with Gasteiger partial charge in [0.1, 0.15) is 5.69 Å². The molecule has 0 saturated carbocycles. The lowest BCUT2D eigenvalue weighted by Gasteiger charge is -2.03. The van der Waals surface area contributed by atoms with E-state index in [0.717, 1.165) is 17.8 Å². The highest BCUT2D eigenvalue weighted by atomic mass is 16.3. The van der Waals surface area contributed by atoms with Crippen LogP contribution in [0.5, 0.6) is 0 Å². The van der Waals surface area contributed by atoms with E-state index in [0.29, 0.717) is 23.7 Å². The Balaban J connectivity index is 1.43. The number of anilines is 1. The molecule has 4 aromatic heterocycles. The molecule has 9 heteroatoms. The van der Waals surface area contributed by atoms with E-state index in [9.17, 15) is 4.79 Å². The number of nitrogens with one attached hydrogen (secondary N) is 2. The predicted molar refractivity (Wildman–Crippen MR) is 98.2 cm³/mol. The summed E-state index contributed by atoms with van der Waals surface area (Å²) in [7, 11) is 0. The van der Waals surface area contributed by atoms with Gasteiger partial charge in [0.15, 0.2) is 11.5 Å². The number of aromatic nitrogens is 6. The maximum atomic E-state index is 12.4. The van der Waals surface area contributed by atoms with Crippen LogP contribution in [0.3, 0.4) is 0 Å². The van der Waals surface area contributed by atoms with E-state index in [-0.39, 0.29) is 11.6 Å². The molecule has 0 aliphatic rings. The van der Waals surface area contributed by atoms with Gasteiger partial charge in [-0.25, -0.2) is 0 Å². The highest BCUT2D eigenvalue weighted by Gasteiger charge is 2.14. The molecule has 0 bridgehead atoms. The third-order valence-electron chi connectivity index (χ3n) is 4.32. The van der Waals surface area contributed by atoms with E-state index in [1.807, 2.05) is 17.8 Å². The maximum absolute atomic E-state index is 12.4. The molecule has 2 N–H and O–H groups in total. The lowest BCUT2D eigenvalue weighted by atomic mass is 10.2. The summed E-state index contributed by atoms with van der Waals surface area (Å²) in [5.74, 6) is 0.302. The standard InChI is InChI=1S/C18H19N7O2/c1-3-25-12(2)13(8-20-25)10-24-11-14(9-19-24)21-18(26)16-7-15(22-23-16)17-5-4-6-27-17/h4-9,11H,3,10H2,1-2H3,(H,21,26)(H,22,23). The van der Waals surface area contributed by atoms with Crippen molar-refractivity contribution in [2.45, 2.75) is 26.9 Å². The van der Waals surface area contributed by atoms with Crippen molar-refractivity contribution in [3.63, 3.8) is 0 Å². The number of furan rings is 1. The lowest BCUT2D eigenvalue weighted by Crippen LogP contribution is -2.11. The Morgan fingerprint density at radius 2 is 2.22 bits per heavy atom. The largest absolute Gasteiger partial charge is 0.463 e. The molecule has 0 fully saturated rings. The minimum Gasteiger partial charge on any atom is -0.463 e. The van der Waals surface area contributed by atoms with Gasteiger partial charge in [0.05, 0.1) is 30.9 Å². The van der Waals surface area contributed by atoms with Crippen LogP contribution in [0.4, 0.5) is 5.69 Å². The summed E-state index contributed by atoms with van der Waals surface area (Å²) in [5.41, 5.74) is 3.72. The van der Waals surface area contributed by atoms with E-state index in [1.54, 1.807) is 41.5 Å². The van der Waals surface area contributed by atoms with Crippen LogP contribution in [0.1, 0.15) is 28.7 Å². The monoisotopic (exact) mass is 365 g/mol. The summed E-state index contributed by atoms with van der Waals surface area (Å²) in [6, 6.07) is 5.21. The first-order valence-corrected chi connectivity index (χ1v) is 8.58. The SMILES string of the molecule is CCn1ncc(Cn2cc(NC(=O)c3cc(-c4ccco4)[nH]n3)cn2)c1C. The Bertz CT molecular complexity index is 1060. The fourth-order valence-corrected chi connectivity index (χ4v) is 2.84. The molecular formula is C18H19N7O2. The number of H-pyrrole nitrogens is 1. The lowest BCUT2D eigenvalue weighted by molar-refractivity contribution is 0.102. The van der Waals surface area contributed by atoms with Crippen LogP contribution in [0.25, 0.3) is 11.5 Å². The fraction of sp³-hybridized carbons (Fsp3) is 0.222. The van der Waals surface area contributed by atoms with Gasteiger partial charge in [-0.2, -0.15) is 15.3 Å². The minimum atomic E-state index is -0.321. The molecule has 0 radical (unpaired) electrons. The molecule has 4 rings (SSSR count). The first-order valence-electron chi connectivity index (χ1n) is 8.58. The van der Waals surface area contributed by atoms with Crippen LogP contribution in [0, 0.1) is 6.92 Å². The Morgan fingerprint density at radius 1 is 1.33 bits per heavy atom. The van der Waals surface area contributed by atoms with Gasteiger partial charge in [-0.3, -0.25) is 19.3 Å². The Hall–Kier alpha value is -3.62. The van der Waals surface area contributed by atoms with Crippen LogP contribution < -0.4 is 5.32 Å². The molecule has 4 aromatic rings. The van der Waals surface area contributed by atoms with E-state index in [4.69, 9.17) is 4.42 Å². The molecule has 4 heterocycles. The number of carbonyl (C=O) groups excluding carboxylic acids is 1. The summed E-state index contributed by atoms with van der Waals surface area (Å²) < 4.78 is 8.99. The van der Waals surface area contributed by atoms with E-state index in [1.165, 1.54) is 0 Å². The third kappa shape index (κ3) is 3.39. The van der Waals surface area contributed by atoms with Crippen LogP contribution in [-0.4, -0.2) is 35.7 Å². The summed E-state index contributed by atoms with van der Waals surface area (Å²) in [6.45, 7) is 5.51. The molecule has 0 aliphatic carbocycles. The van der Waals surface area contributed by atoms with Crippen LogP contribution >= 0.6 is 0 Å². The van der Waals surface area contributed by atoms with Gasteiger partial charge in [0.2, 0.25) is 0 Å². The Kier molecular flexibility index (Phi) is 4.33. The maximum Gasteiger partial charge on any atom is 0.276 e. The molecule has 1 amide bonds. The highest BCUT2D eigenvalue weighted by Crippen LogP contribution is 2.18. The zero-order valence-corrected chi connectivity index (χ0v) is 15.0. The predicted octanol–water partition coefficient (Wildman–Crippen LogP) is 2.69. The fourth-order valence-electron chi connectivity index (χ4n) is 2.84. The van der Waals surface area contributed by atoms with Gasteiger partial charge in [0, 0.05) is 30.1 Å². The van der Waals surface area contributed by atoms with Gasteiger partial charge in [0.25, 0.3) is 5.91 Å². The quantitative estimate of drug-likeness (QED) is 0.546. The van der Waals surface area contributed by atoms with E-state index >= 15 is 0 Å². The molecule has 9 nitrogen and oxygen atoms in total. The van der Waals surface area contributed by atoms with Crippen molar-refractivity contribution < 1.29 is 9.21 Å². The Labute approximate surface area is 155 Å². The second-order valence-corrected chi connectivity index (χ2v) is 6.10. The number of hydrogen-bond acceptors (Lipinski definition) is 5. The number of rotatable bonds is 6. The number of hydrogen-bond donors (Lipinski definition) is 2. The average Bonchev–Trinajstić information content (AvgIpc) is 3.43. The zero-order chi connectivity index (χ0) is 18.8. The van der Waals surface area contributed by atoms with Crippen molar-refractivity contribution in [3.05, 3.63) is 60.0 Å². The van der Waals surface area contributed by atoms with Crippen molar-refractivity contribution >= 4 is 11.6 Å². The van der Waals surface area contributed by atoms with Crippen molar-refractivity contribution in [3.8, 4) is 11.5 Å². The van der Waals surface area contributed by atoms with Gasteiger partial charge < -0.3 is 9.73 Å². The minimum absolute atomic E-state index is 0.272. The molecule has 27 heavy (non-hydrogen) atoms. The van der Waals surface area contributed by atoms with Gasteiger partial charge in [-0.15, -0.1) is 0 Å². The van der Waals surface area contributed by atoms with Crippen molar-refractivity contribution in [1.29, 1.82) is 0 Å². The molecule has 138 valence electrons.